The second-order valence-electron chi connectivity index (χ2n) is 16.2. The van der Waals surface area contributed by atoms with Crippen molar-refractivity contribution in [3.8, 4) is 0 Å². The van der Waals surface area contributed by atoms with E-state index in [1.165, 1.54) is 237 Å². The standard InChI is InChI=1S/C18H38.C16H32O.C9H19N.C8H16.3C2H6/c1-3-5-7-9-11-13-15-17-18-16-14-12-10-8-6-4-2;1-2-3-4-5-6-7-8-9-10-11-12-13-14-15-16-17;1-3-4-5-6-7-8-9(2)10;1-4-6-7-8(3)5-2;3*1-2/h3-18H2,1-2H3;16H,2-15H2,1H3;2-8,10H2,1H3;7H,4-6H2,1-3H3;3*1-2H3/b;;;8-7-;;;. The molecule has 0 rings (SSSR count). The molecule has 0 saturated heterocycles. The van der Waals surface area contributed by atoms with E-state index in [0.717, 1.165) is 31.2 Å². The zero-order valence-corrected chi connectivity index (χ0v) is 44.4. The van der Waals surface area contributed by atoms with Gasteiger partial charge in [-0.2, -0.15) is 0 Å². The van der Waals surface area contributed by atoms with Crippen LogP contribution in [0.15, 0.2) is 23.9 Å². The molecule has 362 valence electrons. The van der Waals surface area contributed by atoms with Gasteiger partial charge in [-0.1, -0.05) is 313 Å². The summed E-state index contributed by atoms with van der Waals surface area (Å²) in [5.41, 5.74) is 7.76. The largest absolute Gasteiger partial charge is 0.403 e. The summed E-state index contributed by atoms with van der Waals surface area (Å²) in [6.45, 7) is 31.3. The molecule has 0 aliphatic carbocycles. The van der Waals surface area contributed by atoms with Crippen LogP contribution in [-0.4, -0.2) is 6.29 Å². The van der Waals surface area contributed by atoms with E-state index >= 15 is 0 Å². The smallest absolute Gasteiger partial charge is 0.119 e. The molecule has 2 N–H and O–H groups in total. The molecule has 0 saturated carbocycles. The Bertz CT molecular complexity index is 637. The highest BCUT2D eigenvalue weighted by molar-refractivity contribution is 5.48. The summed E-state index contributed by atoms with van der Waals surface area (Å²) in [7, 11) is 0. The van der Waals surface area contributed by atoms with E-state index in [0.29, 0.717) is 0 Å². The first-order valence-corrected chi connectivity index (χ1v) is 27.4. The summed E-state index contributed by atoms with van der Waals surface area (Å²) in [4.78, 5) is 10.1. The molecule has 0 aromatic rings. The topological polar surface area (TPSA) is 43.1 Å². The normalized spacial score (nSPS) is 10.0. The molecule has 0 atom stereocenters. The van der Waals surface area contributed by atoms with Crippen LogP contribution >= 0.6 is 0 Å². The number of unbranched alkanes of at least 4 members (excludes halogenated alkanes) is 33. The molecule has 0 aromatic heterocycles. The number of nitrogens with two attached hydrogens (primary N) is 1. The molecule has 0 amide bonds. The third kappa shape index (κ3) is 103. The van der Waals surface area contributed by atoms with Crippen molar-refractivity contribution in [3.63, 3.8) is 0 Å². The summed E-state index contributed by atoms with van der Waals surface area (Å²) in [6, 6.07) is 0. The fraction of sp³-hybridized carbons (Fsp3) is 0.912. The molecule has 2 heteroatoms. The van der Waals surface area contributed by atoms with Crippen molar-refractivity contribution >= 4 is 6.29 Å². The van der Waals surface area contributed by atoms with Crippen LogP contribution in [0.4, 0.5) is 0 Å². The van der Waals surface area contributed by atoms with Crippen LogP contribution in [0.1, 0.15) is 340 Å². The highest BCUT2D eigenvalue weighted by Gasteiger charge is 1.95. The molecule has 0 heterocycles. The maximum Gasteiger partial charge on any atom is 0.119 e. The molecule has 0 fully saturated rings. The Morgan fingerprint density at radius 3 is 0.814 bits per heavy atom. The van der Waals surface area contributed by atoms with Crippen molar-refractivity contribution in [2.45, 2.75) is 340 Å². The lowest BCUT2D eigenvalue weighted by atomic mass is 10.0. The predicted molar refractivity (Wildman–Crippen MR) is 281 cm³/mol. The number of carbonyl (C=O) groups is 1. The Morgan fingerprint density at radius 2 is 0.610 bits per heavy atom. The second kappa shape index (κ2) is 84.4. The molecule has 0 spiro atoms. The number of carbonyl (C=O) groups excluding carboxylic acids is 1. The van der Waals surface area contributed by atoms with Crippen LogP contribution in [0.2, 0.25) is 0 Å². The zero-order valence-electron chi connectivity index (χ0n) is 44.4. The van der Waals surface area contributed by atoms with Gasteiger partial charge in [0.2, 0.25) is 0 Å². The summed E-state index contributed by atoms with van der Waals surface area (Å²) in [6.07, 6.45) is 56.6. The van der Waals surface area contributed by atoms with Gasteiger partial charge in [-0.15, -0.1) is 0 Å². The fourth-order valence-corrected chi connectivity index (χ4v) is 6.36. The van der Waals surface area contributed by atoms with Gasteiger partial charge in [0, 0.05) is 12.1 Å². The van der Waals surface area contributed by atoms with Crippen LogP contribution in [0, 0.1) is 0 Å². The molecule has 0 unspecified atom stereocenters. The van der Waals surface area contributed by atoms with Crippen molar-refractivity contribution in [2.24, 2.45) is 5.73 Å². The van der Waals surface area contributed by atoms with Crippen molar-refractivity contribution in [2.75, 3.05) is 0 Å². The maximum absolute atomic E-state index is 10.1. The Morgan fingerprint density at radius 1 is 0.373 bits per heavy atom. The molecule has 0 aliphatic heterocycles. The van der Waals surface area contributed by atoms with Gasteiger partial charge in [0.1, 0.15) is 6.29 Å². The predicted octanol–water partition coefficient (Wildman–Crippen LogP) is 22.0. The van der Waals surface area contributed by atoms with Crippen molar-refractivity contribution in [1.82, 2.24) is 0 Å². The van der Waals surface area contributed by atoms with Gasteiger partial charge in [-0.05, 0) is 39.0 Å². The zero-order chi connectivity index (χ0) is 46.1. The number of hydrogen-bond donors (Lipinski definition) is 1. The molecule has 0 aromatic carbocycles. The first-order chi connectivity index (χ1) is 28.9. The van der Waals surface area contributed by atoms with Crippen molar-refractivity contribution < 1.29 is 4.79 Å². The van der Waals surface area contributed by atoms with E-state index < -0.39 is 0 Å². The highest BCUT2D eigenvalue weighted by Crippen LogP contribution is 2.15. The Kier molecular flexibility index (Phi) is 104. The molecule has 59 heavy (non-hydrogen) atoms. The second-order valence-corrected chi connectivity index (χ2v) is 16.2. The molecular weight excluding hydrogens is 715 g/mol. The summed E-state index contributed by atoms with van der Waals surface area (Å²) >= 11 is 0. The molecule has 2 nitrogen and oxygen atoms in total. The minimum atomic E-state index is 0.762. The van der Waals surface area contributed by atoms with Gasteiger partial charge in [0.25, 0.3) is 0 Å². The van der Waals surface area contributed by atoms with Gasteiger partial charge < -0.3 is 10.5 Å². The number of allylic oxidation sites excluding steroid dienone is 3. The lowest BCUT2D eigenvalue weighted by Gasteiger charge is -2.03. The number of hydrogen-bond acceptors (Lipinski definition) is 2. The minimum absolute atomic E-state index is 0.762. The molecular formula is C57H123NO. The first-order valence-electron chi connectivity index (χ1n) is 27.4. The van der Waals surface area contributed by atoms with E-state index in [2.05, 4.69) is 61.1 Å². The van der Waals surface area contributed by atoms with Gasteiger partial charge >= 0.3 is 0 Å². The fourth-order valence-electron chi connectivity index (χ4n) is 6.36. The third-order valence-corrected chi connectivity index (χ3v) is 10.3. The Balaban J connectivity index is -0.000000122. The number of aldehydes is 1. The monoisotopic (exact) mass is 838 g/mol. The van der Waals surface area contributed by atoms with E-state index in [1.54, 1.807) is 0 Å². The first kappa shape index (κ1) is 72.4. The van der Waals surface area contributed by atoms with Gasteiger partial charge in [0.15, 0.2) is 0 Å². The average Bonchev–Trinajstić information content (AvgIpc) is 3.27. The lowest BCUT2D eigenvalue weighted by Crippen LogP contribution is -1.93. The third-order valence-electron chi connectivity index (χ3n) is 10.3. The van der Waals surface area contributed by atoms with Crippen LogP contribution < -0.4 is 5.73 Å². The number of rotatable bonds is 38. The van der Waals surface area contributed by atoms with Gasteiger partial charge in [-0.25, -0.2) is 0 Å². The average molecular weight is 839 g/mol. The van der Waals surface area contributed by atoms with E-state index in [-0.39, 0.29) is 0 Å². The summed E-state index contributed by atoms with van der Waals surface area (Å²) < 4.78 is 0. The SMILES string of the molecule is C=C(N)CCCCCCC.CC.CC.CC.CCC/C=C(/C)CC.CCCCCCCCCCCCCCCC=O.CCCCCCCCCCCCCCCCCC. The van der Waals surface area contributed by atoms with Crippen LogP contribution in [0.25, 0.3) is 0 Å². The van der Waals surface area contributed by atoms with Gasteiger partial charge in [0.05, 0.1) is 0 Å². The van der Waals surface area contributed by atoms with E-state index in [9.17, 15) is 4.79 Å². The Hall–Kier alpha value is -1.05. The maximum atomic E-state index is 10.1. The van der Waals surface area contributed by atoms with E-state index in [1.807, 2.05) is 41.5 Å². The van der Waals surface area contributed by atoms with Gasteiger partial charge in [-0.3, -0.25) is 0 Å². The Labute approximate surface area is 379 Å². The van der Waals surface area contributed by atoms with E-state index in [4.69, 9.17) is 5.73 Å². The van der Waals surface area contributed by atoms with Crippen LogP contribution in [-0.2, 0) is 4.79 Å². The summed E-state index contributed by atoms with van der Waals surface area (Å²) in [5, 5.41) is 0. The molecule has 0 aliphatic rings. The minimum Gasteiger partial charge on any atom is -0.403 e. The van der Waals surface area contributed by atoms with Crippen molar-refractivity contribution in [1.29, 1.82) is 0 Å². The lowest BCUT2D eigenvalue weighted by molar-refractivity contribution is -0.107. The van der Waals surface area contributed by atoms with Crippen LogP contribution in [0.3, 0.4) is 0 Å². The van der Waals surface area contributed by atoms with Crippen molar-refractivity contribution in [3.05, 3.63) is 23.9 Å². The highest BCUT2D eigenvalue weighted by atomic mass is 16.1. The molecule has 0 bridgehead atoms. The molecule has 0 radical (unpaired) electrons. The summed E-state index contributed by atoms with van der Waals surface area (Å²) in [5.74, 6) is 0. The van der Waals surface area contributed by atoms with Crippen LogP contribution in [0.5, 0.6) is 0 Å². The quantitative estimate of drug-likeness (QED) is 0.0382.